The molecule has 0 saturated carbocycles. The number of benzene rings is 2. The molecule has 2 aliphatic heterocycles. The van der Waals surface area contributed by atoms with E-state index in [1.54, 1.807) is 14.2 Å². The summed E-state index contributed by atoms with van der Waals surface area (Å²) < 4.78 is 10.6. The van der Waals surface area contributed by atoms with Crippen LogP contribution in [0, 0.1) is 5.92 Å². The van der Waals surface area contributed by atoms with Crippen LogP contribution < -0.4 is 9.47 Å². The second-order valence-corrected chi connectivity index (χ2v) is 6.85. The summed E-state index contributed by atoms with van der Waals surface area (Å²) in [5.74, 6) is 2.07. The van der Waals surface area contributed by atoms with Gasteiger partial charge in [0, 0.05) is 12.5 Å². The number of rotatable bonds is 4. The minimum Gasteiger partial charge on any atom is -0.497 e. The van der Waals surface area contributed by atoms with Gasteiger partial charge in [-0.1, -0.05) is 18.2 Å². The molecular formula is C21H23NO3. The fourth-order valence-corrected chi connectivity index (χ4v) is 4.19. The SMILES string of the molecule is COc1cccc(C[C@H]2C[C@H]3c4ccc(OC)cc4CCN3C2=O)c1. The van der Waals surface area contributed by atoms with Gasteiger partial charge in [0.1, 0.15) is 11.5 Å². The normalized spacial score (nSPS) is 21.7. The first-order valence-corrected chi connectivity index (χ1v) is 8.80. The molecule has 25 heavy (non-hydrogen) atoms. The summed E-state index contributed by atoms with van der Waals surface area (Å²) in [7, 11) is 3.37. The van der Waals surface area contributed by atoms with Crippen molar-refractivity contribution < 1.29 is 14.3 Å². The number of carbonyl (C=O) groups is 1. The molecule has 2 aromatic carbocycles. The minimum absolute atomic E-state index is 0.0464. The first kappa shape index (κ1) is 16.0. The number of methoxy groups -OCH3 is 2. The van der Waals surface area contributed by atoms with E-state index >= 15 is 0 Å². The Morgan fingerprint density at radius 1 is 1.08 bits per heavy atom. The maximum Gasteiger partial charge on any atom is 0.226 e. The molecule has 2 heterocycles. The van der Waals surface area contributed by atoms with E-state index in [-0.39, 0.29) is 17.9 Å². The summed E-state index contributed by atoms with van der Waals surface area (Å²) in [6.07, 6.45) is 2.56. The van der Waals surface area contributed by atoms with Gasteiger partial charge in [0.05, 0.1) is 20.3 Å². The topological polar surface area (TPSA) is 38.8 Å². The molecule has 4 rings (SSSR count). The average molecular weight is 337 g/mol. The van der Waals surface area contributed by atoms with Crippen molar-refractivity contribution in [1.82, 2.24) is 4.90 Å². The van der Waals surface area contributed by atoms with E-state index in [0.717, 1.165) is 42.9 Å². The van der Waals surface area contributed by atoms with Crippen molar-refractivity contribution in [2.75, 3.05) is 20.8 Å². The van der Waals surface area contributed by atoms with E-state index in [1.807, 2.05) is 24.3 Å². The lowest BCUT2D eigenvalue weighted by Gasteiger charge is -2.32. The Morgan fingerprint density at radius 3 is 2.68 bits per heavy atom. The number of nitrogens with zero attached hydrogens (tertiary/aromatic N) is 1. The van der Waals surface area contributed by atoms with Gasteiger partial charge in [-0.15, -0.1) is 0 Å². The van der Waals surface area contributed by atoms with Crippen LogP contribution in [0.4, 0.5) is 0 Å². The first-order valence-electron chi connectivity index (χ1n) is 8.80. The van der Waals surface area contributed by atoms with E-state index in [0.29, 0.717) is 0 Å². The van der Waals surface area contributed by atoms with E-state index in [1.165, 1.54) is 11.1 Å². The average Bonchev–Trinajstić information content (AvgIpc) is 2.97. The van der Waals surface area contributed by atoms with E-state index in [9.17, 15) is 4.79 Å². The number of carbonyl (C=O) groups excluding carboxylic acids is 1. The lowest BCUT2D eigenvalue weighted by molar-refractivity contribution is -0.132. The Morgan fingerprint density at radius 2 is 1.88 bits per heavy atom. The molecule has 2 aromatic rings. The van der Waals surface area contributed by atoms with Gasteiger partial charge in [-0.05, 0) is 60.2 Å². The fourth-order valence-electron chi connectivity index (χ4n) is 4.19. The summed E-state index contributed by atoms with van der Waals surface area (Å²) in [4.78, 5) is 15.0. The molecule has 2 aliphatic rings. The van der Waals surface area contributed by atoms with Gasteiger partial charge in [0.2, 0.25) is 5.91 Å². The largest absolute Gasteiger partial charge is 0.497 e. The summed E-state index contributed by atoms with van der Waals surface area (Å²) >= 11 is 0. The number of fused-ring (bicyclic) bond motifs is 3. The third-order valence-electron chi connectivity index (χ3n) is 5.46. The van der Waals surface area contributed by atoms with Crippen LogP contribution in [0.15, 0.2) is 42.5 Å². The molecule has 0 spiro atoms. The quantitative estimate of drug-likeness (QED) is 0.858. The predicted molar refractivity (Wildman–Crippen MR) is 96.0 cm³/mol. The van der Waals surface area contributed by atoms with E-state index in [4.69, 9.17) is 9.47 Å². The smallest absolute Gasteiger partial charge is 0.226 e. The van der Waals surface area contributed by atoms with Gasteiger partial charge in [-0.3, -0.25) is 4.79 Å². The number of ether oxygens (including phenoxy) is 2. The van der Waals surface area contributed by atoms with Crippen LogP contribution in [0.25, 0.3) is 0 Å². The molecule has 0 aromatic heterocycles. The molecular weight excluding hydrogens is 314 g/mol. The Bertz CT molecular complexity index is 801. The van der Waals surface area contributed by atoms with Crippen LogP contribution in [-0.2, 0) is 17.6 Å². The molecule has 4 heteroatoms. The van der Waals surface area contributed by atoms with Crippen molar-refractivity contribution in [3.8, 4) is 11.5 Å². The molecule has 0 N–H and O–H groups in total. The van der Waals surface area contributed by atoms with Crippen molar-refractivity contribution in [3.05, 3.63) is 59.2 Å². The van der Waals surface area contributed by atoms with Crippen molar-refractivity contribution in [2.24, 2.45) is 5.92 Å². The van der Waals surface area contributed by atoms with Crippen LogP contribution in [0.5, 0.6) is 11.5 Å². The fraction of sp³-hybridized carbons (Fsp3) is 0.381. The maximum absolute atomic E-state index is 12.9. The monoisotopic (exact) mass is 337 g/mol. The van der Waals surface area contributed by atoms with Gasteiger partial charge in [0.25, 0.3) is 0 Å². The zero-order valence-electron chi connectivity index (χ0n) is 14.7. The molecule has 2 atom stereocenters. The highest BCUT2D eigenvalue weighted by Crippen LogP contribution is 2.42. The molecule has 0 radical (unpaired) electrons. The van der Waals surface area contributed by atoms with Crippen molar-refractivity contribution in [1.29, 1.82) is 0 Å². The maximum atomic E-state index is 12.9. The molecule has 0 aliphatic carbocycles. The summed E-state index contributed by atoms with van der Waals surface area (Å²) in [5.41, 5.74) is 3.76. The van der Waals surface area contributed by atoms with Crippen LogP contribution in [-0.4, -0.2) is 31.6 Å². The Kier molecular flexibility index (Phi) is 4.12. The lowest BCUT2D eigenvalue weighted by atomic mass is 9.90. The third-order valence-corrected chi connectivity index (χ3v) is 5.46. The van der Waals surface area contributed by atoms with Crippen LogP contribution >= 0.6 is 0 Å². The Balaban J connectivity index is 1.57. The zero-order chi connectivity index (χ0) is 17.4. The minimum atomic E-state index is 0.0464. The van der Waals surface area contributed by atoms with Gasteiger partial charge in [0.15, 0.2) is 0 Å². The second kappa shape index (κ2) is 6.43. The molecule has 1 saturated heterocycles. The third kappa shape index (κ3) is 2.86. The summed E-state index contributed by atoms with van der Waals surface area (Å²) in [5, 5.41) is 0. The highest BCUT2D eigenvalue weighted by atomic mass is 16.5. The van der Waals surface area contributed by atoms with Gasteiger partial charge >= 0.3 is 0 Å². The lowest BCUT2D eigenvalue weighted by Crippen LogP contribution is -2.35. The van der Waals surface area contributed by atoms with Crippen LogP contribution in [0.1, 0.15) is 29.2 Å². The van der Waals surface area contributed by atoms with Gasteiger partial charge < -0.3 is 14.4 Å². The summed E-state index contributed by atoms with van der Waals surface area (Å²) in [6.45, 7) is 0.804. The molecule has 1 fully saturated rings. The van der Waals surface area contributed by atoms with Gasteiger partial charge in [-0.2, -0.15) is 0 Å². The van der Waals surface area contributed by atoms with Crippen molar-refractivity contribution >= 4 is 5.91 Å². The predicted octanol–water partition coefficient (Wildman–Crippen LogP) is 3.39. The van der Waals surface area contributed by atoms with E-state index < -0.39 is 0 Å². The number of amides is 1. The van der Waals surface area contributed by atoms with Gasteiger partial charge in [-0.25, -0.2) is 0 Å². The zero-order valence-corrected chi connectivity index (χ0v) is 14.7. The number of hydrogen-bond acceptors (Lipinski definition) is 3. The molecule has 0 unspecified atom stereocenters. The molecule has 1 amide bonds. The Labute approximate surface area is 148 Å². The van der Waals surface area contributed by atoms with Crippen molar-refractivity contribution in [3.63, 3.8) is 0 Å². The Hall–Kier alpha value is -2.49. The highest BCUT2D eigenvalue weighted by Gasteiger charge is 2.42. The molecule has 130 valence electrons. The van der Waals surface area contributed by atoms with E-state index in [2.05, 4.69) is 23.1 Å². The second-order valence-electron chi connectivity index (χ2n) is 6.85. The molecule has 4 nitrogen and oxygen atoms in total. The first-order chi connectivity index (χ1) is 12.2. The highest BCUT2D eigenvalue weighted by molar-refractivity contribution is 5.82. The van der Waals surface area contributed by atoms with Crippen molar-refractivity contribution in [2.45, 2.75) is 25.3 Å². The van der Waals surface area contributed by atoms with Crippen LogP contribution in [0.2, 0.25) is 0 Å². The van der Waals surface area contributed by atoms with Crippen LogP contribution in [0.3, 0.4) is 0 Å². The molecule has 0 bridgehead atoms. The summed E-state index contributed by atoms with van der Waals surface area (Å²) in [6, 6.07) is 14.5. The standard InChI is InChI=1S/C21H23NO3/c1-24-17-5-3-4-14(11-17)10-16-13-20-19-7-6-18(25-2)12-15(19)8-9-22(20)21(16)23/h3-7,11-12,16,20H,8-10,13H2,1-2H3/t16-,20-/m0/s1. The number of hydrogen-bond donors (Lipinski definition) is 0.